The molecule has 2 amide bonds. The van der Waals surface area contributed by atoms with E-state index in [4.69, 9.17) is 18.0 Å². The van der Waals surface area contributed by atoms with Gasteiger partial charge in [0.2, 0.25) is 0 Å². The SMILES string of the molecule is CC(C)C(NC(=O)N1CCCCCC1)C(N)=S. The summed E-state index contributed by atoms with van der Waals surface area (Å²) in [7, 11) is 0. The third kappa shape index (κ3) is 4.50. The van der Waals surface area contributed by atoms with Crippen molar-refractivity contribution in [2.24, 2.45) is 11.7 Å². The van der Waals surface area contributed by atoms with E-state index in [1.54, 1.807) is 0 Å². The molecule has 3 N–H and O–H groups in total. The van der Waals surface area contributed by atoms with Crippen molar-refractivity contribution < 1.29 is 4.79 Å². The summed E-state index contributed by atoms with van der Waals surface area (Å²) >= 11 is 4.98. The van der Waals surface area contributed by atoms with Crippen LogP contribution in [0.5, 0.6) is 0 Å². The molecule has 0 aromatic heterocycles. The number of carbonyl (C=O) groups is 1. The Hall–Kier alpha value is -0.840. The first-order valence-electron chi connectivity index (χ1n) is 6.37. The zero-order chi connectivity index (χ0) is 12.8. The Morgan fingerprint density at radius 3 is 2.18 bits per heavy atom. The quantitative estimate of drug-likeness (QED) is 0.759. The fourth-order valence-electron chi connectivity index (χ4n) is 2.06. The van der Waals surface area contributed by atoms with Crippen molar-refractivity contribution >= 4 is 23.2 Å². The van der Waals surface area contributed by atoms with E-state index in [1.165, 1.54) is 12.8 Å². The Balaban J connectivity index is 2.53. The summed E-state index contributed by atoms with van der Waals surface area (Å²) in [5, 5.41) is 2.93. The number of nitrogens with two attached hydrogens (primary N) is 1. The molecule has 0 radical (unpaired) electrons. The van der Waals surface area contributed by atoms with Crippen molar-refractivity contribution in [3.05, 3.63) is 0 Å². The zero-order valence-corrected chi connectivity index (χ0v) is 11.6. The van der Waals surface area contributed by atoms with Gasteiger partial charge in [0.15, 0.2) is 0 Å². The second kappa shape index (κ2) is 6.79. The highest BCUT2D eigenvalue weighted by Crippen LogP contribution is 2.10. The summed E-state index contributed by atoms with van der Waals surface area (Å²) in [4.78, 5) is 14.3. The highest BCUT2D eigenvalue weighted by molar-refractivity contribution is 7.80. The summed E-state index contributed by atoms with van der Waals surface area (Å²) < 4.78 is 0. The summed E-state index contributed by atoms with van der Waals surface area (Å²) in [5.41, 5.74) is 5.64. The van der Waals surface area contributed by atoms with Gasteiger partial charge in [0.25, 0.3) is 0 Å². The van der Waals surface area contributed by atoms with E-state index in [1.807, 2.05) is 18.7 Å². The van der Waals surface area contributed by atoms with Crippen LogP contribution in [0.15, 0.2) is 0 Å². The Bertz CT molecular complexity index is 273. The van der Waals surface area contributed by atoms with Crippen molar-refractivity contribution in [1.82, 2.24) is 10.2 Å². The van der Waals surface area contributed by atoms with Crippen LogP contribution in [0.4, 0.5) is 4.79 Å². The molecule has 0 aromatic rings. The van der Waals surface area contributed by atoms with E-state index in [-0.39, 0.29) is 18.0 Å². The van der Waals surface area contributed by atoms with Gasteiger partial charge >= 0.3 is 6.03 Å². The lowest BCUT2D eigenvalue weighted by atomic mass is 10.1. The van der Waals surface area contributed by atoms with Crippen molar-refractivity contribution in [3.63, 3.8) is 0 Å². The molecular weight excluding hydrogens is 234 g/mol. The summed E-state index contributed by atoms with van der Waals surface area (Å²) in [5.74, 6) is 0.225. The maximum atomic E-state index is 12.1. The number of carbonyl (C=O) groups excluding carboxylic acids is 1. The topological polar surface area (TPSA) is 58.4 Å². The van der Waals surface area contributed by atoms with Crippen LogP contribution in [0.2, 0.25) is 0 Å². The normalized spacial score (nSPS) is 18.6. The molecule has 1 rings (SSSR count). The molecule has 17 heavy (non-hydrogen) atoms. The summed E-state index contributed by atoms with van der Waals surface area (Å²) in [6.45, 7) is 5.70. The fourth-order valence-corrected chi connectivity index (χ4v) is 2.40. The van der Waals surface area contributed by atoms with Gasteiger partial charge < -0.3 is 16.0 Å². The second-order valence-corrected chi connectivity index (χ2v) is 5.45. The van der Waals surface area contributed by atoms with Gasteiger partial charge in [-0.25, -0.2) is 4.79 Å². The Labute approximate surface area is 109 Å². The zero-order valence-electron chi connectivity index (χ0n) is 10.7. The lowest BCUT2D eigenvalue weighted by Crippen LogP contribution is -2.51. The van der Waals surface area contributed by atoms with Crippen molar-refractivity contribution in [2.75, 3.05) is 13.1 Å². The largest absolute Gasteiger partial charge is 0.392 e. The summed E-state index contributed by atoms with van der Waals surface area (Å²) in [6.07, 6.45) is 4.61. The minimum absolute atomic E-state index is 0.0293. The van der Waals surface area contributed by atoms with Gasteiger partial charge in [-0.1, -0.05) is 38.9 Å². The highest BCUT2D eigenvalue weighted by Gasteiger charge is 2.22. The average Bonchev–Trinajstić information content (AvgIpc) is 2.52. The lowest BCUT2D eigenvalue weighted by Gasteiger charge is -2.26. The number of amides is 2. The molecule has 1 heterocycles. The number of nitrogens with one attached hydrogen (secondary N) is 1. The van der Waals surface area contributed by atoms with Crippen LogP contribution in [0.25, 0.3) is 0 Å². The van der Waals surface area contributed by atoms with E-state index in [9.17, 15) is 4.79 Å². The van der Waals surface area contributed by atoms with E-state index < -0.39 is 0 Å². The van der Waals surface area contributed by atoms with Crippen molar-refractivity contribution in [1.29, 1.82) is 0 Å². The molecule has 5 heteroatoms. The van der Waals surface area contributed by atoms with E-state index >= 15 is 0 Å². The third-order valence-electron chi connectivity index (χ3n) is 3.15. The lowest BCUT2D eigenvalue weighted by molar-refractivity contribution is 0.196. The molecule has 1 atom stereocenters. The Morgan fingerprint density at radius 2 is 1.76 bits per heavy atom. The highest BCUT2D eigenvalue weighted by atomic mass is 32.1. The Kier molecular flexibility index (Phi) is 5.68. The van der Waals surface area contributed by atoms with Gasteiger partial charge in [-0.05, 0) is 18.8 Å². The van der Waals surface area contributed by atoms with Gasteiger partial charge in [-0.15, -0.1) is 0 Å². The van der Waals surface area contributed by atoms with Crippen LogP contribution in [-0.4, -0.2) is 35.1 Å². The third-order valence-corrected chi connectivity index (χ3v) is 3.40. The number of hydrogen-bond donors (Lipinski definition) is 2. The first-order valence-corrected chi connectivity index (χ1v) is 6.78. The van der Waals surface area contributed by atoms with Crippen molar-refractivity contribution in [2.45, 2.75) is 45.6 Å². The molecule has 1 aliphatic heterocycles. The fraction of sp³-hybridized carbons (Fsp3) is 0.833. The maximum Gasteiger partial charge on any atom is 0.317 e. The monoisotopic (exact) mass is 257 g/mol. The Morgan fingerprint density at radius 1 is 1.24 bits per heavy atom. The first-order chi connectivity index (χ1) is 8.02. The number of urea groups is 1. The van der Waals surface area contributed by atoms with Gasteiger partial charge in [-0.3, -0.25) is 0 Å². The molecule has 0 aliphatic carbocycles. The number of nitrogens with zero attached hydrogens (tertiary/aromatic N) is 1. The maximum absolute atomic E-state index is 12.1. The predicted octanol–water partition coefficient (Wildman–Crippen LogP) is 1.88. The molecule has 0 saturated carbocycles. The van der Waals surface area contributed by atoms with E-state index in [2.05, 4.69) is 5.32 Å². The molecule has 1 fully saturated rings. The second-order valence-electron chi connectivity index (χ2n) is 4.97. The van der Waals surface area contributed by atoms with Crippen LogP contribution in [0.3, 0.4) is 0 Å². The predicted molar refractivity (Wildman–Crippen MR) is 74.0 cm³/mol. The molecule has 98 valence electrons. The molecule has 1 saturated heterocycles. The van der Waals surface area contributed by atoms with Crippen LogP contribution >= 0.6 is 12.2 Å². The first kappa shape index (κ1) is 14.2. The molecule has 0 spiro atoms. The molecule has 1 unspecified atom stereocenters. The van der Waals surface area contributed by atoms with E-state index in [0.29, 0.717) is 4.99 Å². The molecule has 0 aromatic carbocycles. The molecular formula is C12H23N3OS. The van der Waals surface area contributed by atoms with Crippen LogP contribution in [0, 0.1) is 5.92 Å². The standard InChI is InChI=1S/C12H23N3OS/c1-9(2)10(11(13)17)14-12(16)15-7-5-3-4-6-8-15/h9-10H,3-8H2,1-2H3,(H2,13,17)(H,14,16). The van der Waals surface area contributed by atoms with Crippen LogP contribution in [0.1, 0.15) is 39.5 Å². The minimum Gasteiger partial charge on any atom is -0.392 e. The molecule has 4 nitrogen and oxygen atoms in total. The average molecular weight is 257 g/mol. The van der Waals surface area contributed by atoms with Gasteiger partial charge in [-0.2, -0.15) is 0 Å². The van der Waals surface area contributed by atoms with E-state index in [0.717, 1.165) is 25.9 Å². The van der Waals surface area contributed by atoms with Crippen LogP contribution in [-0.2, 0) is 0 Å². The van der Waals surface area contributed by atoms with Gasteiger partial charge in [0, 0.05) is 13.1 Å². The van der Waals surface area contributed by atoms with Gasteiger partial charge in [0.1, 0.15) is 0 Å². The number of likely N-dealkylation sites (tertiary alicyclic amines) is 1. The van der Waals surface area contributed by atoms with Crippen molar-refractivity contribution in [3.8, 4) is 0 Å². The summed E-state index contributed by atoms with van der Waals surface area (Å²) in [6, 6.07) is -0.237. The number of rotatable bonds is 3. The van der Waals surface area contributed by atoms with Crippen LogP contribution < -0.4 is 11.1 Å². The number of hydrogen-bond acceptors (Lipinski definition) is 2. The molecule has 0 bridgehead atoms. The number of thiocarbonyl (C=S) groups is 1. The smallest absolute Gasteiger partial charge is 0.317 e. The van der Waals surface area contributed by atoms with Gasteiger partial charge in [0.05, 0.1) is 11.0 Å². The minimum atomic E-state index is -0.208. The molecule has 1 aliphatic rings.